The number of hydrogen-bond acceptors (Lipinski definition) is 5. The normalized spacial score (nSPS) is 12.6. The fourth-order valence-electron chi connectivity index (χ4n) is 2.36. The van der Waals surface area contributed by atoms with Gasteiger partial charge in [0.1, 0.15) is 0 Å². The number of aryl methyl sites for hydroxylation is 1. The smallest absolute Gasteiger partial charge is 0.272 e. The predicted molar refractivity (Wildman–Crippen MR) is 91.6 cm³/mol. The highest BCUT2D eigenvalue weighted by atomic mass is 16.5. The third-order valence-electron chi connectivity index (χ3n) is 3.55. The lowest BCUT2D eigenvalue weighted by Crippen LogP contribution is -2.44. The quantitative estimate of drug-likeness (QED) is 0.776. The van der Waals surface area contributed by atoms with Gasteiger partial charge in [-0.3, -0.25) is 9.59 Å². The molecule has 1 unspecified atom stereocenters. The monoisotopic (exact) mass is 336 g/mol. The maximum absolute atomic E-state index is 12.3. The lowest BCUT2D eigenvalue weighted by molar-refractivity contribution is -0.133. The molecule has 1 aromatic heterocycles. The third-order valence-corrected chi connectivity index (χ3v) is 3.55. The fourth-order valence-corrected chi connectivity index (χ4v) is 2.36. The molecule has 7 nitrogen and oxygen atoms in total. The molecule has 24 heavy (non-hydrogen) atoms. The van der Waals surface area contributed by atoms with E-state index in [1.54, 1.807) is 31.2 Å². The van der Waals surface area contributed by atoms with Crippen LogP contribution in [0.1, 0.15) is 43.4 Å². The van der Waals surface area contributed by atoms with E-state index < -0.39 is 0 Å². The average Bonchev–Trinajstić information content (AvgIpc) is 2.46. The number of methoxy groups -OCH3 is 1. The number of ether oxygens (including phenoxy) is 1. The van der Waals surface area contributed by atoms with E-state index in [0.717, 1.165) is 5.69 Å². The molecular weight excluding hydrogens is 308 g/mol. The van der Waals surface area contributed by atoms with Crippen LogP contribution in [0.5, 0.6) is 0 Å². The molecule has 1 aromatic rings. The van der Waals surface area contributed by atoms with Crippen LogP contribution in [0.15, 0.2) is 12.1 Å². The molecule has 134 valence electrons. The van der Waals surface area contributed by atoms with Crippen LogP contribution in [0.2, 0.25) is 0 Å². The molecular formula is C17H28N4O3. The Morgan fingerprint density at radius 2 is 2.00 bits per heavy atom. The van der Waals surface area contributed by atoms with Crippen LogP contribution in [0.3, 0.4) is 0 Å². The van der Waals surface area contributed by atoms with Crippen LogP contribution < -0.4 is 5.32 Å². The van der Waals surface area contributed by atoms with Gasteiger partial charge in [-0.1, -0.05) is 13.8 Å². The second-order valence-electron chi connectivity index (χ2n) is 6.98. The van der Waals surface area contributed by atoms with Crippen LogP contribution in [0, 0.1) is 12.3 Å². The molecule has 0 aliphatic heterocycles. The summed E-state index contributed by atoms with van der Waals surface area (Å²) in [4.78, 5) is 26.0. The Morgan fingerprint density at radius 3 is 2.54 bits per heavy atom. The summed E-state index contributed by atoms with van der Waals surface area (Å²) in [5, 5.41) is 10.6. The first-order chi connectivity index (χ1) is 11.1. The van der Waals surface area contributed by atoms with Gasteiger partial charge in [-0.25, -0.2) is 0 Å². The third kappa shape index (κ3) is 6.62. The van der Waals surface area contributed by atoms with E-state index in [2.05, 4.69) is 15.5 Å². The van der Waals surface area contributed by atoms with Crippen LogP contribution in [-0.4, -0.2) is 60.3 Å². The largest absolute Gasteiger partial charge is 0.384 e. The molecule has 7 heteroatoms. The minimum atomic E-state index is -0.296. The second kappa shape index (κ2) is 8.73. The molecule has 0 aliphatic rings. The number of rotatable bonds is 8. The van der Waals surface area contributed by atoms with Crippen molar-refractivity contribution in [3.05, 3.63) is 23.5 Å². The van der Waals surface area contributed by atoms with Crippen molar-refractivity contribution in [1.29, 1.82) is 0 Å². The van der Waals surface area contributed by atoms with Gasteiger partial charge in [0.15, 0.2) is 5.69 Å². The number of carbonyl (C=O) groups is 2. The molecule has 2 amide bonds. The molecule has 1 atom stereocenters. The minimum absolute atomic E-state index is 0.0216. The number of aromatic nitrogens is 2. The van der Waals surface area contributed by atoms with Crippen LogP contribution >= 0.6 is 0 Å². The number of hydrogen-bond donors (Lipinski definition) is 1. The molecule has 1 N–H and O–H groups in total. The topological polar surface area (TPSA) is 84.4 Å². The lowest BCUT2D eigenvalue weighted by atomic mass is 9.90. The Bertz CT molecular complexity index is 557. The first kappa shape index (κ1) is 20.0. The maximum Gasteiger partial charge on any atom is 0.272 e. The van der Waals surface area contributed by atoms with Gasteiger partial charge < -0.3 is 15.0 Å². The minimum Gasteiger partial charge on any atom is -0.384 e. The Kier molecular flexibility index (Phi) is 7.28. The number of likely N-dealkylation sites (N-methyl/N-ethyl adjacent to an activating group) is 1. The number of nitrogens with one attached hydrogen (secondary N) is 1. The molecule has 0 fully saturated rings. The zero-order chi connectivity index (χ0) is 18.3. The first-order valence-electron chi connectivity index (χ1n) is 7.99. The van der Waals surface area contributed by atoms with Crippen LogP contribution in [0.4, 0.5) is 0 Å². The molecule has 0 radical (unpaired) electrons. The van der Waals surface area contributed by atoms with Crippen molar-refractivity contribution in [2.75, 3.05) is 27.3 Å². The van der Waals surface area contributed by atoms with Gasteiger partial charge in [0, 0.05) is 33.2 Å². The number of amides is 2. The molecule has 0 saturated carbocycles. The van der Waals surface area contributed by atoms with E-state index in [-0.39, 0.29) is 29.0 Å². The molecule has 0 aromatic carbocycles. The summed E-state index contributed by atoms with van der Waals surface area (Å²) in [5.41, 5.74) is 0.801. The van der Waals surface area contributed by atoms with E-state index in [1.807, 2.05) is 27.7 Å². The summed E-state index contributed by atoms with van der Waals surface area (Å²) in [6.07, 6.45) is 0.390. The fraction of sp³-hybridized carbons (Fsp3) is 0.647. The first-order valence-corrected chi connectivity index (χ1v) is 7.99. The average molecular weight is 336 g/mol. The summed E-state index contributed by atoms with van der Waals surface area (Å²) in [5.74, 6) is -0.274. The SMILES string of the molecule is COCC(C)(C)CC(=O)N(C)CC(C)NC(=O)c1ccc(C)nn1. The van der Waals surface area contributed by atoms with Crippen molar-refractivity contribution in [3.63, 3.8) is 0 Å². The van der Waals surface area contributed by atoms with Gasteiger partial charge in [-0.2, -0.15) is 5.10 Å². The number of carbonyl (C=O) groups excluding carboxylic acids is 2. The summed E-state index contributed by atoms with van der Waals surface area (Å²) in [7, 11) is 3.36. The lowest BCUT2D eigenvalue weighted by Gasteiger charge is -2.28. The highest BCUT2D eigenvalue weighted by Gasteiger charge is 2.25. The van der Waals surface area contributed by atoms with Gasteiger partial charge in [0.2, 0.25) is 5.91 Å². The Hall–Kier alpha value is -2.02. The van der Waals surface area contributed by atoms with E-state index in [1.165, 1.54) is 0 Å². The summed E-state index contributed by atoms with van der Waals surface area (Å²) >= 11 is 0. The van der Waals surface area contributed by atoms with Gasteiger partial charge in [0.25, 0.3) is 5.91 Å². The van der Waals surface area contributed by atoms with E-state index >= 15 is 0 Å². The van der Waals surface area contributed by atoms with Crippen molar-refractivity contribution >= 4 is 11.8 Å². The van der Waals surface area contributed by atoms with Crippen molar-refractivity contribution in [1.82, 2.24) is 20.4 Å². The van der Waals surface area contributed by atoms with Crippen molar-refractivity contribution in [2.24, 2.45) is 5.41 Å². The standard InChI is InChI=1S/C17H28N4O3/c1-12-7-8-14(20-19-12)16(23)18-13(2)10-21(5)15(22)9-17(3,4)11-24-6/h7-8,13H,9-11H2,1-6H3,(H,18,23). The highest BCUT2D eigenvalue weighted by Crippen LogP contribution is 2.21. The van der Waals surface area contributed by atoms with Gasteiger partial charge >= 0.3 is 0 Å². The summed E-state index contributed by atoms with van der Waals surface area (Å²) in [6.45, 7) is 8.58. The highest BCUT2D eigenvalue weighted by molar-refractivity contribution is 5.92. The molecule has 0 saturated heterocycles. The zero-order valence-corrected chi connectivity index (χ0v) is 15.4. The Morgan fingerprint density at radius 1 is 1.33 bits per heavy atom. The zero-order valence-electron chi connectivity index (χ0n) is 15.4. The van der Waals surface area contributed by atoms with Gasteiger partial charge in [-0.05, 0) is 31.4 Å². The van der Waals surface area contributed by atoms with Gasteiger partial charge in [-0.15, -0.1) is 5.10 Å². The van der Waals surface area contributed by atoms with E-state index in [9.17, 15) is 9.59 Å². The predicted octanol–water partition coefficient (Wildman–Crippen LogP) is 1.42. The van der Waals surface area contributed by atoms with Crippen LogP contribution in [0.25, 0.3) is 0 Å². The van der Waals surface area contributed by atoms with Crippen molar-refractivity contribution in [3.8, 4) is 0 Å². The summed E-state index contributed by atoms with van der Waals surface area (Å²) in [6, 6.07) is 3.17. The van der Waals surface area contributed by atoms with E-state index in [0.29, 0.717) is 19.6 Å². The molecule has 1 rings (SSSR count). The molecule has 1 heterocycles. The van der Waals surface area contributed by atoms with Crippen molar-refractivity contribution in [2.45, 2.75) is 40.2 Å². The van der Waals surface area contributed by atoms with E-state index in [4.69, 9.17) is 4.74 Å². The Balaban J connectivity index is 2.51. The maximum atomic E-state index is 12.3. The number of nitrogens with zero attached hydrogens (tertiary/aromatic N) is 3. The van der Waals surface area contributed by atoms with Crippen LogP contribution in [-0.2, 0) is 9.53 Å². The molecule has 0 aliphatic carbocycles. The second-order valence-corrected chi connectivity index (χ2v) is 6.98. The van der Waals surface area contributed by atoms with Gasteiger partial charge in [0.05, 0.1) is 12.3 Å². The summed E-state index contributed by atoms with van der Waals surface area (Å²) < 4.78 is 5.14. The Labute approximate surface area is 143 Å². The molecule has 0 spiro atoms. The van der Waals surface area contributed by atoms with Crippen molar-refractivity contribution < 1.29 is 14.3 Å². The molecule has 0 bridgehead atoms.